The summed E-state index contributed by atoms with van der Waals surface area (Å²) in [6.07, 6.45) is 2.50. The molecule has 0 aromatic heterocycles. The Morgan fingerprint density at radius 3 is 2.55 bits per heavy atom. The first-order valence-electron chi connectivity index (χ1n) is 7.68. The van der Waals surface area contributed by atoms with E-state index in [1.54, 1.807) is 0 Å². The van der Waals surface area contributed by atoms with Crippen LogP contribution in [0.5, 0.6) is 5.75 Å². The molecule has 0 saturated carbocycles. The van der Waals surface area contributed by atoms with Crippen LogP contribution in [0.25, 0.3) is 0 Å². The second kappa shape index (κ2) is 6.59. The first-order valence-corrected chi connectivity index (χ1v) is 7.68. The van der Waals surface area contributed by atoms with E-state index >= 15 is 0 Å². The normalized spacial score (nSPS) is 20.3. The van der Waals surface area contributed by atoms with Gasteiger partial charge >= 0.3 is 0 Å². The van der Waals surface area contributed by atoms with Gasteiger partial charge in [-0.3, -0.25) is 4.90 Å². The predicted octanol–water partition coefficient (Wildman–Crippen LogP) is 2.79. The zero-order valence-electron chi connectivity index (χ0n) is 13.1. The van der Waals surface area contributed by atoms with E-state index in [0.717, 1.165) is 32.0 Å². The lowest BCUT2D eigenvalue weighted by molar-refractivity contribution is 0.199. The zero-order valence-corrected chi connectivity index (χ0v) is 13.1. The van der Waals surface area contributed by atoms with E-state index in [4.69, 9.17) is 10.5 Å². The Morgan fingerprint density at radius 1 is 1.25 bits per heavy atom. The molecule has 20 heavy (non-hydrogen) atoms. The molecule has 1 fully saturated rings. The number of nitrogens with two attached hydrogens (primary N) is 1. The third kappa shape index (κ3) is 3.97. The first kappa shape index (κ1) is 15.3. The average Bonchev–Trinajstić information content (AvgIpc) is 2.86. The maximum atomic E-state index is 5.85. The molecule has 3 nitrogen and oxygen atoms in total. The number of rotatable bonds is 5. The second-order valence-corrected chi connectivity index (χ2v) is 6.69. The summed E-state index contributed by atoms with van der Waals surface area (Å²) in [5.41, 5.74) is 7.32. The van der Waals surface area contributed by atoms with Crippen LogP contribution >= 0.6 is 0 Å². The maximum absolute atomic E-state index is 5.85. The Kier molecular flexibility index (Phi) is 5.06. The maximum Gasteiger partial charge on any atom is 0.119 e. The minimum Gasteiger partial charge on any atom is -0.492 e. The zero-order chi connectivity index (χ0) is 14.6. The third-order valence-electron chi connectivity index (χ3n) is 4.14. The van der Waals surface area contributed by atoms with Gasteiger partial charge in [0.25, 0.3) is 0 Å². The van der Waals surface area contributed by atoms with Gasteiger partial charge in [0, 0.05) is 19.1 Å². The molecule has 1 aromatic rings. The Hall–Kier alpha value is -1.06. The molecule has 2 N–H and O–H groups in total. The average molecular weight is 276 g/mol. The summed E-state index contributed by atoms with van der Waals surface area (Å²) >= 11 is 0. The quantitative estimate of drug-likeness (QED) is 0.898. The minimum absolute atomic E-state index is 0.197. The van der Waals surface area contributed by atoms with Crippen LogP contribution in [0.2, 0.25) is 0 Å². The molecular weight excluding hydrogens is 248 g/mol. The van der Waals surface area contributed by atoms with Crippen molar-refractivity contribution < 1.29 is 4.74 Å². The van der Waals surface area contributed by atoms with Crippen LogP contribution in [0, 0.1) is 0 Å². The highest BCUT2D eigenvalue weighted by atomic mass is 16.5. The molecule has 1 aliphatic rings. The van der Waals surface area contributed by atoms with Gasteiger partial charge in [-0.25, -0.2) is 0 Å². The van der Waals surface area contributed by atoms with E-state index in [-0.39, 0.29) is 5.41 Å². The van der Waals surface area contributed by atoms with Crippen LogP contribution in [0.4, 0.5) is 0 Å². The third-order valence-corrected chi connectivity index (χ3v) is 4.14. The molecule has 1 atom stereocenters. The van der Waals surface area contributed by atoms with Gasteiger partial charge in [0.05, 0.1) is 0 Å². The SMILES string of the molecule is CC(C)(C)c1ccc(OCCN2CCCC2CN)cc1. The molecule has 1 aromatic carbocycles. The Balaban J connectivity index is 1.80. The molecule has 0 bridgehead atoms. The van der Waals surface area contributed by atoms with Gasteiger partial charge in [0.15, 0.2) is 0 Å². The van der Waals surface area contributed by atoms with E-state index in [0.29, 0.717) is 6.04 Å². The molecule has 0 amide bonds. The van der Waals surface area contributed by atoms with Gasteiger partial charge < -0.3 is 10.5 Å². The molecule has 3 heteroatoms. The molecule has 1 saturated heterocycles. The van der Waals surface area contributed by atoms with Crippen molar-refractivity contribution in [3.05, 3.63) is 29.8 Å². The Bertz CT molecular complexity index is 408. The summed E-state index contributed by atoms with van der Waals surface area (Å²) in [4.78, 5) is 2.45. The van der Waals surface area contributed by atoms with Crippen molar-refractivity contribution in [2.45, 2.75) is 45.1 Å². The number of hydrogen-bond donors (Lipinski definition) is 1. The van der Waals surface area contributed by atoms with Crippen LogP contribution < -0.4 is 10.5 Å². The Labute approximate surface area is 123 Å². The van der Waals surface area contributed by atoms with Crippen LogP contribution in [-0.4, -0.2) is 37.2 Å². The van der Waals surface area contributed by atoms with E-state index in [9.17, 15) is 0 Å². The summed E-state index contributed by atoms with van der Waals surface area (Å²) < 4.78 is 5.85. The fourth-order valence-corrected chi connectivity index (χ4v) is 2.79. The van der Waals surface area contributed by atoms with Gasteiger partial charge in [0.1, 0.15) is 12.4 Å². The van der Waals surface area contributed by atoms with Crippen molar-refractivity contribution in [1.82, 2.24) is 4.90 Å². The smallest absolute Gasteiger partial charge is 0.119 e. The molecule has 112 valence electrons. The summed E-state index contributed by atoms with van der Waals surface area (Å²) in [7, 11) is 0. The lowest BCUT2D eigenvalue weighted by atomic mass is 9.87. The van der Waals surface area contributed by atoms with Gasteiger partial charge in [-0.05, 0) is 42.5 Å². The monoisotopic (exact) mass is 276 g/mol. The largest absolute Gasteiger partial charge is 0.492 e. The van der Waals surface area contributed by atoms with Crippen molar-refractivity contribution in [1.29, 1.82) is 0 Å². The van der Waals surface area contributed by atoms with Gasteiger partial charge in [0.2, 0.25) is 0 Å². The first-order chi connectivity index (χ1) is 9.50. The molecule has 0 aliphatic carbocycles. The number of likely N-dealkylation sites (tertiary alicyclic amines) is 1. The van der Waals surface area contributed by atoms with Gasteiger partial charge in [-0.2, -0.15) is 0 Å². The highest BCUT2D eigenvalue weighted by Crippen LogP contribution is 2.24. The summed E-state index contributed by atoms with van der Waals surface area (Å²) in [6.45, 7) is 10.3. The molecule has 0 radical (unpaired) electrons. The molecule has 1 unspecified atom stereocenters. The van der Waals surface area contributed by atoms with E-state index in [1.165, 1.54) is 18.4 Å². The molecular formula is C17H28N2O. The van der Waals surface area contributed by atoms with Crippen LogP contribution in [0.15, 0.2) is 24.3 Å². The number of benzene rings is 1. The summed E-state index contributed by atoms with van der Waals surface area (Å²) in [6, 6.07) is 9.03. The lowest BCUT2D eigenvalue weighted by Crippen LogP contribution is -2.37. The number of hydrogen-bond acceptors (Lipinski definition) is 3. The van der Waals surface area contributed by atoms with Crippen molar-refractivity contribution in [2.24, 2.45) is 5.73 Å². The molecule has 0 spiro atoms. The van der Waals surface area contributed by atoms with Crippen LogP contribution in [0.1, 0.15) is 39.2 Å². The molecule has 1 aliphatic heterocycles. The fraction of sp³-hybridized carbons (Fsp3) is 0.647. The standard InChI is InChI=1S/C17H28N2O/c1-17(2,3)14-6-8-16(9-7-14)20-12-11-19-10-4-5-15(19)13-18/h6-9,15H,4-5,10-13,18H2,1-3H3. The number of ether oxygens (including phenoxy) is 1. The lowest BCUT2D eigenvalue weighted by Gasteiger charge is -2.23. The van der Waals surface area contributed by atoms with E-state index < -0.39 is 0 Å². The summed E-state index contributed by atoms with van der Waals surface area (Å²) in [5.74, 6) is 0.960. The topological polar surface area (TPSA) is 38.5 Å². The van der Waals surface area contributed by atoms with Crippen LogP contribution in [0.3, 0.4) is 0 Å². The fourth-order valence-electron chi connectivity index (χ4n) is 2.79. The van der Waals surface area contributed by atoms with Crippen molar-refractivity contribution in [2.75, 3.05) is 26.2 Å². The van der Waals surface area contributed by atoms with E-state index in [1.807, 2.05) is 0 Å². The molecule has 2 rings (SSSR count). The number of nitrogens with zero attached hydrogens (tertiary/aromatic N) is 1. The Morgan fingerprint density at radius 2 is 1.95 bits per heavy atom. The second-order valence-electron chi connectivity index (χ2n) is 6.69. The van der Waals surface area contributed by atoms with Crippen molar-refractivity contribution in [3.8, 4) is 5.75 Å². The minimum atomic E-state index is 0.197. The van der Waals surface area contributed by atoms with Gasteiger partial charge in [-0.15, -0.1) is 0 Å². The van der Waals surface area contributed by atoms with Gasteiger partial charge in [-0.1, -0.05) is 32.9 Å². The highest BCUT2D eigenvalue weighted by Gasteiger charge is 2.22. The predicted molar refractivity (Wildman–Crippen MR) is 84.3 cm³/mol. The van der Waals surface area contributed by atoms with Crippen molar-refractivity contribution >= 4 is 0 Å². The van der Waals surface area contributed by atoms with Crippen LogP contribution in [-0.2, 0) is 5.41 Å². The van der Waals surface area contributed by atoms with Crippen molar-refractivity contribution in [3.63, 3.8) is 0 Å². The van der Waals surface area contributed by atoms with E-state index in [2.05, 4.69) is 49.9 Å². The molecule has 1 heterocycles. The summed E-state index contributed by atoms with van der Waals surface area (Å²) in [5, 5.41) is 0. The highest BCUT2D eigenvalue weighted by molar-refractivity contribution is 5.31.